The maximum absolute atomic E-state index is 11.0. The van der Waals surface area contributed by atoms with Gasteiger partial charge in [-0.05, 0) is 25.1 Å². The minimum Gasteiger partial charge on any atom is -0.358 e. The second-order valence-corrected chi connectivity index (χ2v) is 5.94. The number of nitrogens with zero attached hydrogens (tertiary/aromatic N) is 3. The molecule has 106 valence electrons. The first-order chi connectivity index (χ1) is 9.66. The normalized spacial score (nSPS) is 16.6. The number of nitrogens with one attached hydrogen (secondary N) is 1. The molecule has 0 amide bonds. The van der Waals surface area contributed by atoms with Crippen molar-refractivity contribution >= 4 is 22.0 Å². The Hall–Kier alpha value is -1.89. The molecule has 3 rings (SSSR count). The summed E-state index contributed by atoms with van der Waals surface area (Å²) in [5.41, 5.74) is 2.50. The highest BCUT2D eigenvalue weighted by molar-refractivity contribution is 7.14. The molecule has 0 spiro atoms. The van der Waals surface area contributed by atoms with Gasteiger partial charge < -0.3 is 9.88 Å². The largest absolute Gasteiger partial charge is 0.358 e. The molecule has 0 aliphatic carbocycles. The van der Waals surface area contributed by atoms with Gasteiger partial charge in [0.1, 0.15) is 0 Å². The van der Waals surface area contributed by atoms with Gasteiger partial charge in [-0.2, -0.15) is 0 Å². The summed E-state index contributed by atoms with van der Waals surface area (Å²) in [5, 5.41) is 13.6. The van der Waals surface area contributed by atoms with Crippen molar-refractivity contribution < 1.29 is 4.92 Å². The Balaban J connectivity index is 1.71. The van der Waals surface area contributed by atoms with Gasteiger partial charge in [0.2, 0.25) is 0 Å². The van der Waals surface area contributed by atoms with Crippen LogP contribution in [0.5, 0.6) is 0 Å². The van der Waals surface area contributed by atoms with Gasteiger partial charge in [0.15, 0.2) is 5.00 Å². The zero-order valence-corrected chi connectivity index (χ0v) is 12.0. The summed E-state index contributed by atoms with van der Waals surface area (Å²) in [6.07, 6.45) is 3.71. The van der Waals surface area contributed by atoms with Gasteiger partial charge in [-0.1, -0.05) is 0 Å². The molecule has 0 unspecified atom stereocenters. The van der Waals surface area contributed by atoms with E-state index in [9.17, 15) is 10.1 Å². The number of imidazole rings is 1. The number of piperidine rings is 1. The third-order valence-electron chi connectivity index (χ3n) is 3.86. The predicted octanol–water partition coefficient (Wildman–Crippen LogP) is 3.07. The lowest BCUT2D eigenvalue weighted by Gasteiger charge is -2.31. The molecule has 7 heteroatoms. The molecule has 2 aromatic heterocycles. The molecule has 1 aliphatic rings. The number of rotatable bonds is 3. The van der Waals surface area contributed by atoms with Crippen LogP contribution in [0.1, 0.15) is 30.1 Å². The van der Waals surface area contributed by atoms with Gasteiger partial charge in [0.25, 0.3) is 0 Å². The smallest absolute Gasteiger partial charge is 0.303 e. The molecule has 20 heavy (non-hydrogen) atoms. The van der Waals surface area contributed by atoms with E-state index in [-0.39, 0.29) is 10.6 Å². The number of anilines is 1. The van der Waals surface area contributed by atoms with Crippen LogP contribution in [-0.4, -0.2) is 28.0 Å². The van der Waals surface area contributed by atoms with Crippen LogP contribution in [0.2, 0.25) is 0 Å². The first-order valence-corrected chi connectivity index (χ1v) is 7.51. The molecule has 0 radical (unpaired) electrons. The van der Waals surface area contributed by atoms with Crippen LogP contribution in [-0.2, 0) is 0 Å². The van der Waals surface area contributed by atoms with E-state index in [1.54, 1.807) is 17.8 Å². The monoisotopic (exact) mass is 292 g/mol. The standard InChI is InChI=1S/C13H16N4O2S/c1-9-12(15-8-14-9)10-2-5-16(6-3-10)13-11(17(18)19)4-7-20-13/h4,7-8,10H,2-3,5-6H2,1H3,(H,14,15). The van der Waals surface area contributed by atoms with E-state index in [1.807, 2.05) is 6.92 Å². The highest BCUT2D eigenvalue weighted by atomic mass is 32.1. The third kappa shape index (κ3) is 2.29. The molecule has 3 heterocycles. The van der Waals surface area contributed by atoms with Crippen molar-refractivity contribution in [2.45, 2.75) is 25.7 Å². The number of hydrogen-bond donors (Lipinski definition) is 1. The summed E-state index contributed by atoms with van der Waals surface area (Å²) in [7, 11) is 0. The number of hydrogen-bond acceptors (Lipinski definition) is 5. The van der Waals surface area contributed by atoms with E-state index in [0.29, 0.717) is 5.92 Å². The Kier molecular flexibility index (Phi) is 3.43. The summed E-state index contributed by atoms with van der Waals surface area (Å²) in [4.78, 5) is 20.3. The third-order valence-corrected chi connectivity index (χ3v) is 4.82. The van der Waals surface area contributed by atoms with Crippen LogP contribution >= 0.6 is 11.3 Å². The molecule has 6 nitrogen and oxygen atoms in total. The topological polar surface area (TPSA) is 75.1 Å². The summed E-state index contributed by atoms with van der Waals surface area (Å²) >= 11 is 1.45. The number of H-pyrrole nitrogens is 1. The quantitative estimate of drug-likeness (QED) is 0.697. The minimum absolute atomic E-state index is 0.226. The van der Waals surface area contributed by atoms with Crippen LogP contribution in [0, 0.1) is 17.0 Å². The van der Waals surface area contributed by atoms with E-state index in [4.69, 9.17) is 0 Å². The predicted molar refractivity (Wildman–Crippen MR) is 78.5 cm³/mol. The Morgan fingerprint density at radius 1 is 1.50 bits per heavy atom. The lowest BCUT2D eigenvalue weighted by atomic mass is 9.92. The zero-order valence-electron chi connectivity index (χ0n) is 11.2. The summed E-state index contributed by atoms with van der Waals surface area (Å²) in [5.74, 6) is 0.455. The molecular formula is C13H16N4O2S. The Morgan fingerprint density at radius 2 is 2.25 bits per heavy atom. The Bertz CT molecular complexity index is 613. The first kappa shape index (κ1) is 13.1. The molecule has 0 bridgehead atoms. The van der Waals surface area contributed by atoms with Crippen molar-refractivity contribution in [1.29, 1.82) is 0 Å². The highest BCUT2D eigenvalue weighted by Gasteiger charge is 2.27. The highest BCUT2D eigenvalue weighted by Crippen LogP contribution is 2.38. The number of aromatic amines is 1. The molecule has 1 saturated heterocycles. The average molecular weight is 292 g/mol. The van der Waals surface area contributed by atoms with Gasteiger partial charge in [0, 0.05) is 30.8 Å². The zero-order chi connectivity index (χ0) is 14.1. The van der Waals surface area contributed by atoms with E-state index in [1.165, 1.54) is 11.3 Å². The van der Waals surface area contributed by atoms with Crippen LogP contribution in [0.3, 0.4) is 0 Å². The van der Waals surface area contributed by atoms with Crippen molar-refractivity contribution in [3.8, 4) is 0 Å². The van der Waals surface area contributed by atoms with E-state index < -0.39 is 0 Å². The fourth-order valence-electron chi connectivity index (χ4n) is 2.81. The van der Waals surface area contributed by atoms with Crippen molar-refractivity contribution in [2.24, 2.45) is 0 Å². The van der Waals surface area contributed by atoms with Crippen LogP contribution < -0.4 is 4.90 Å². The van der Waals surface area contributed by atoms with Gasteiger partial charge in [0.05, 0.1) is 16.9 Å². The molecule has 0 atom stereocenters. The molecule has 1 aliphatic heterocycles. The number of aromatic nitrogens is 2. The number of aryl methyl sites for hydroxylation is 1. The van der Waals surface area contributed by atoms with E-state index >= 15 is 0 Å². The molecular weight excluding hydrogens is 276 g/mol. The molecule has 0 aromatic carbocycles. The van der Waals surface area contributed by atoms with Gasteiger partial charge in [-0.15, -0.1) is 11.3 Å². The second-order valence-electron chi connectivity index (χ2n) is 5.04. The SMILES string of the molecule is Cc1[nH]cnc1C1CCN(c2sccc2[N+](=O)[O-])CC1. The second kappa shape index (κ2) is 5.24. The Labute approximate surface area is 120 Å². The minimum atomic E-state index is -0.296. The van der Waals surface area contributed by atoms with E-state index in [2.05, 4.69) is 14.9 Å². The van der Waals surface area contributed by atoms with Crippen molar-refractivity contribution in [1.82, 2.24) is 9.97 Å². The average Bonchev–Trinajstić information content (AvgIpc) is 3.07. The van der Waals surface area contributed by atoms with Gasteiger partial charge >= 0.3 is 5.69 Å². The fourth-order valence-corrected chi connectivity index (χ4v) is 3.73. The number of nitro groups is 1. The van der Waals surface area contributed by atoms with Crippen LogP contribution in [0.15, 0.2) is 17.8 Å². The fraction of sp³-hybridized carbons (Fsp3) is 0.462. The molecule has 1 N–H and O–H groups in total. The van der Waals surface area contributed by atoms with Crippen molar-refractivity contribution in [3.63, 3.8) is 0 Å². The molecule has 0 saturated carbocycles. The molecule has 1 fully saturated rings. The lowest BCUT2D eigenvalue weighted by Crippen LogP contribution is -2.32. The molecule has 2 aromatic rings. The lowest BCUT2D eigenvalue weighted by molar-refractivity contribution is -0.383. The number of thiophene rings is 1. The van der Waals surface area contributed by atoms with Gasteiger partial charge in [-0.25, -0.2) is 4.98 Å². The van der Waals surface area contributed by atoms with Crippen LogP contribution in [0.4, 0.5) is 10.7 Å². The van der Waals surface area contributed by atoms with Crippen molar-refractivity contribution in [3.05, 3.63) is 39.3 Å². The Morgan fingerprint density at radius 3 is 2.85 bits per heavy atom. The summed E-state index contributed by atoms with van der Waals surface area (Å²) in [6, 6.07) is 1.59. The first-order valence-electron chi connectivity index (χ1n) is 6.63. The van der Waals surface area contributed by atoms with Crippen molar-refractivity contribution in [2.75, 3.05) is 18.0 Å². The van der Waals surface area contributed by atoms with E-state index in [0.717, 1.165) is 42.3 Å². The summed E-state index contributed by atoms with van der Waals surface area (Å²) in [6.45, 7) is 3.73. The maximum Gasteiger partial charge on any atom is 0.303 e. The summed E-state index contributed by atoms with van der Waals surface area (Å²) < 4.78 is 0. The van der Waals surface area contributed by atoms with Gasteiger partial charge in [-0.3, -0.25) is 10.1 Å². The van der Waals surface area contributed by atoms with Crippen LogP contribution in [0.25, 0.3) is 0 Å². The maximum atomic E-state index is 11.0.